The van der Waals surface area contributed by atoms with Crippen LogP contribution in [0.5, 0.6) is 0 Å². The first kappa shape index (κ1) is 20.2. The minimum atomic E-state index is -3.75. The van der Waals surface area contributed by atoms with Crippen LogP contribution in [0.15, 0.2) is 47.5 Å². The lowest BCUT2D eigenvalue weighted by Gasteiger charge is -2.21. The van der Waals surface area contributed by atoms with E-state index < -0.39 is 10.0 Å². The number of amides is 1. The first-order valence-corrected chi connectivity index (χ1v) is 9.83. The predicted octanol–water partition coefficient (Wildman–Crippen LogP) is 1.27. The molecule has 0 atom stereocenters. The average molecular weight is 378 g/mol. The monoisotopic (exact) mass is 378 g/mol. The molecule has 1 aromatic heterocycles. The molecule has 0 radical (unpaired) electrons. The molecule has 0 saturated carbocycles. The molecular formula is C18H26N4O3S. The van der Waals surface area contributed by atoms with E-state index in [9.17, 15) is 13.2 Å². The third kappa shape index (κ3) is 4.51. The summed E-state index contributed by atoms with van der Waals surface area (Å²) in [6.45, 7) is 0.981. The van der Waals surface area contributed by atoms with Gasteiger partial charge in [-0.15, -0.1) is 0 Å². The molecule has 0 aliphatic rings. The summed E-state index contributed by atoms with van der Waals surface area (Å²) in [6, 6.07) is 10.8. The summed E-state index contributed by atoms with van der Waals surface area (Å²) in [5.74, 6) is -0.245. The van der Waals surface area contributed by atoms with E-state index in [0.29, 0.717) is 25.2 Å². The van der Waals surface area contributed by atoms with Gasteiger partial charge in [0.05, 0.1) is 0 Å². The van der Waals surface area contributed by atoms with Gasteiger partial charge in [0.25, 0.3) is 5.91 Å². The fraction of sp³-hybridized carbons (Fsp3) is 0.389. The van der Waals surface area contributed by atoms with Crippen LogP contribution < -0.4 is 5.73 Å². The standard InChI is InChI=1S/C18H26N4O3S/c1-20(2)18(23)17-12-16(14-21(17)3)26(24,25)22(11-7-10-19)13-15-8-5-4-6-9-15/h4-6,8-9,12,14H,7,10-11,13,19H2,1-3H3. The van der Waals surface area contributed by atoms with Gasteiger partial charge in [-0.05, 0) is 24.6 Å². The SMILES string of the molecule is CN(C)C(=O)c1cc(S(=O)(=O)N(CCCN)Cc2ccccc2)cn1C. The summed E-state index contributed by atoms with van der Waals surface area (Å²) in [4.78, 5) is 13.7. The van der Waals surface area contributed by atoms with Gasteiger partial charge in [-0.1, -0.05) is 30.3 Å². The maximum Gasteiger partial charge on any atom is 0.269 e. The predicted molar refractivity (Wildman–Crippen MR) is 101 cm³/mol. The van der Waals surface area contributed by atoms with Gasteiger partial charge in [-0.25, -0.2) is 8.42 Å². The summed E-state index contributed by atoms with van der Waals surface area (Å²) >= 11 is 0. The molecule has 0 fully saturated rings. The summed E-state index contributed by atoms with van der Waals surface area (Å²) in [5.41, 5.74) is 6.80. The Kier molecular flexibility index (Phi) is 6.57. The van der Waals surface area contributed by atoms with Crippen LogP contribution in [-0.2, 0) is 23.6 Å². The Labute approximate surface area is 155 Å². The Morgan fingerprint density at radius 2 is 1.85 bits per heavy atom. The van der Waals surface area contributed by atoms with Gasteiger partial charge >= 0.3 is 0 Å². The summed E-state index contributed by atoms with van der Waals surface area (Å²) in [5, 5.41) is 0. The third-order valence-electron chi connectivity index (χ3n) is 4.06. The molecule has 0 bridgehead atoms. The maximum absolute atomic E-state index is 13.1. The van der Waals surface area contributed by atoms with Crippen molar-refractivity contribution in [3.8, 4) is 0 Å². The lowest BCUT2D eigenvalue weighted by atomic mass is 10.2. The lowest BCUT2D eigenvalue weighted by Crippen LogP contribution is -2.32. The van der Waals surface area contributed by atoms with Crippen LogP contribution in [0.1, 0.15) is 22.5 Å². The number of nitrogens with two attached hydrogens (primary N) is 1. The van der Waals surface area contributed by atoms with Crippen molar-refractivity contribution in [2.75, 3.05) is 27.2 Å². The van der Waals surface area contributed by atoms with E-state index in [1.165, 1.54) is 21.5 Å². The van der Waals surface area contributed by atoms with E-state index in [-0.39, 0.29) is 17.3 Å². The Morgan fingerprint density at radius 1 is 1.19 bits per heavy atom. The topological polar surface area (TPSA) is 88.6 Å². The molecule has 0 spiro atoms. The van der Waals surface area contributed by atoms with Crippen molar-refractivity contribution in [2.24, 2.45) is 12.8 Å². The second-order valence-electron chi connectivity index (χ2n) is 6.34. The molecule has 1 aromatic carbocycles. The molecule has 0 aliphatic heterocycles. The minimum Gasteiger partial charge on any atom is -0.345 e. The Bertz CT molecular complexity index is 845. The zero-order valence-electron chi connectivity index (χ0n) is 15.4. The Hall–Kier alpha value is -2.16. The van der Waals surface area contributed by atoms with Crippen LogP contribution >= 0.6 is 0 Å². The van der Waals surface area contributed by atoms with Gasteiger partial charge in [0.15, 0.2) is 0 Å². The van der Waals surface area contributed by atoms with Gasteiger partial charge in [-0.2, -0.15) is 4.31 Å². The van der Waals surface area contributed by atoms with E-state index >= 15 is 0 Å². The van der Waals surface area contributed by atoms with Crippen molar-refractivity contribution in [1.29, 1.82) is 0 Å². The zero-order valence-corrected chi connectivity index (χ0v) is 16.2. The first-order chi connectivity index (χ1) is 12.3. The van der Waals surface area contributed by atoms with Gasteiger partial charge in [-0.3, -0.25) is 4.79 Å². The number of rotatable bonds is 8. The number of carbonyl (C=O) groups is 1. The number of nitrogens with zero attached hydrogens (tertiary/aromatic N) is 3. The van der Waals surface area contributed by atoms with Gasteiger partial charge < -0.3 is 15.2 Å². The molecule has 8 heteroatoms. The second kappa shape index (κ2) is 8.48. The Morgan fingerprint density at radius 3 is 2.42 bits per heavy atom. The average Bonchev–Trinajstić information content (AvgIpc) is 3.01. The number of hydrogen-bond donors (Lipinski definition) is 1. The normalized spacial score (nSPS) is 11.7. The zero-order chi connectivity index (χ0) is 19.3. The number of sulfonamides is 1. The molecule has 2 rings (SSSR count). The molecule has 0 aliphatic carbocycles. The highest BCUT2D eigenvalue weighted by molar-refractivity contribution is 7.89. The summed E-state index contributed by atoms with van der Waals surface area (Å²) in [6.07, 6.45) is 2.04. The molecule has 2 N–H and O–H groups in total. The van der Waals surface area contributed by atoms with Crippen molar-refractivity contribution in [3.05, 3.63) is 53.9 Å². The minimum absolute atomic E-state index is 0.109. The number of benzene rings is 1. The first-order valence-electron chi connectivity index (χ1n) is 8.39. The van der Waals surface area contributed by atoms with E-state index in [2.05, 4.69) is 0 Å². The fourth-order valence-corrected chi connectivity index (χ4v) is 4.14. The quantitative estimate of drug-likeness (QED) is 0.749. The highest BCUT2D eigenvalue weighted by atomic mass is 32.2. The molecule has 0 saturated heterocycles. The molecule has 1 heterocycles. The van der Waals surface area contributed by atoms with Crippen molar-refractivity contribution < 1.29 is 13.2 Å². The molecule has 1 amide bonds. The van der Waals surface area contributed by atoms with Gasteiger partial charge in [0.1, 0.15) is 10.6 Å². The van der Waals surface area contributed by atoms with Crippen LogP contribution in [0.2, 0.25) is 0 Å². The second-order valence-corrected chi connectivity index (χ2v) is 8.28. The Balaban J connectivity index is 2.37. The molecule has 7 nitrogen and oxygen atoms in total. The van der Waals surface area contributed by atoms with Crippen LogP contribution in [0.4, 0.5) is 0 Å². The third-order valence-corrected chi connectivity index (χ3v) is 5.87. The van der Waals surface area contributed by atoms with Gasteiger partial charge in [0.2, 0.25) is 10.0 Å². The number of aryl methyl sites for hydroxylation is 1. The molecule has 142 valence electrons. The molecule has 0 unspecified atom stereocenters. The maximum atomic E-state index is 13.1. The summed E-state index contributed by atoms with van der Waals surface area (Å²) in [7, 11) is 1.18. The van der Waals surface area contributed by atoms with Crippen LogP contribution in [0.25, 0.3) is 0 Å². The highest BCUT2D eigenvalue weighted by Gasteiger charge is 2.27. The number of aromatic nitrogens is 1. The van der Waals surface area contributed by atoms with Crippen molar-refractivity contribution in [2.45, 2.75) is 17.9 Å². The van der Waals surface area contributed by atoms with Gasteiger partial charge in [0, 0.05) is 40.4 Å². The molecular weight excluding hydrogens is 352 g/mol. The van der Waals surface area contributed by atoms with Crippen LogP contribution in [-0.4, -0.2) is 55.3 Å². The van der Waals surface area contributed by atoms with Crippen molar-refractivity contribution in [1.82, 2.24) is 13.8 Å². The molecule has 2 aromatic rings. The van der Waals surface area contributed by atoms with E-state index in [0.717, 1.165) is 5.56 Å². The smallest absolute Gasteiger partial charge is 0.269 e. The van der Waals surface area contributed by atoms with E-state index in [1.807, 2.05) is 30.3 Å². The highest BCUT2D eigenvalue weighted by Crippen LogP contribution is 2.21. The van der Waals surface area contributed by atoms with E-state index in [1.54, 1.807) is 25.7 Å². The van der Waals surface area contributed by atoms with Crippen LogP contribution in [0.3, 0.4) is 0 Å². The largest absolute Gasteiger partial charge is 0.345 e. The van der Waals surface area contributed by atoms with Crippen LogP contribution in [0, 0.1) is 0 Å². The lowest BCUT2D eigenvalue weighted by molar-refractivity contribution is 0.0818. The van der Waals surface area contributed by atoms with Crippen molar-refractivity contribution >= 4 is 15.9 Å². The van der Waals surface area contributed by atoms with E-state index in [4.69, 9.17) is 5.73 Å². The summed E-state index contributed by atoms with van der Waals surface area (Å²) < 4.78 is 29.2. The number of hydrogen-bond acceptors (Lipinski definition) is 4. The van der Waals surface area contributed by atoms with Crippen molar-refractivity contribution in [3.63, 3.8) is 0 Å². The molecule has 26 heavy (non-hydrogen) atoms. The number of carbonyl (C=O) groups excluding carboxylic acids is 1. The fourth-order valence-electron chi connectivity index (χ4n) is 2.60.